The molecule has 5 rings (SSSR count). The van der Waals surface area contributed by atoms with Gasteiger partial charge in [0.05, 0.1) is 46.3 Å². The number of pyridine rings is 1. The molecule has 10 nitrogen and oxygen atoms in total. The molecule has 2 aromatic carbocycles. The van der Waals surface area contributed by atoms with Crippen molar-refractivity contribution in [2.75, 3.05) is 44.5 Å². The van der Waals surface area contributed by atoms with Crippen LogP contribution in [0.4, 0.5) is 17.1 Å². The average Bonchev–Trinajstić information content (AvgIpc) is 3.47. The van der Waals surface area contributed by atoms with E-state index in [1.54, 1.807) is 12.1 Å². The predicted molar refractivity (Wildman–Crippen MR) is 205 cm³/mol. The van der Waals surface area contributed by atoms with Gasteiger partial charge < -0.3 is 25.0 Å². The second-order valence-corrected chi connectivity index (χ2v) is 14.9. The minimum atomic E-state index is -0.228. The number of hydroxylamine groups is 1. The Labute approximate surface area is 308 Å². The Morgan fingerprint density at radius 1 is 1.12 bits per heavy atom. The Kier molecular flexibility index (Phi) is 13.8. The van der Waals surface area contributed by atoms with Gasteiger partial charge in [-0.1, -0.05) is 50.1 Å². The summed E-state index contributed by atoms with van der Waals surface area (Å²) in [4.78, 5) is 25.8. The van der Waals surface area contributed by atoms with Crippen molar-refractivity contribution in [2.24, 2.45) is 11.8 Å². The lowest BCUT2D eigenvalue weighted by Gasteiger charge is -2.38. The van der Waals surface area contributed by atoms with E-state index in [4.69, 9.17) is 25.9 Å². The highest BCUT2D eigenvalue weighted by Crippen LogP contribution is 2.44. The number of benzene rings is 2. The number of hydrogen-bond donors (Lipinski definition) is 3. The van der Waals surface area contributed by atoms with E-state index in [1.807, 2.05) is 44.1 Å². The summed E-state index contributed by atoms with van der Waals surface area (Å²) in [5.41, 5.74) is 5.84. The molecule has 0 spiro atoms. The highest BCUT2D eigenvalue weighted by molar-refractivity contribution is 6.32. The van der Waals surface area contributed by atoms with Crippen molar-refractivity contribution in [1.82, 2.24) is 15.4 Å². The lowest BCUT2D eigenvalue weighted by Crippen LogP contribution is -2.43. The quantitative estimate of drug-likeness (QED) is 0.150. The Bertz CT molecular complexity index is 1670. The summed E-state index contributed by atoms with van der Waals surface area (Å²) < 4.78 is 12.1. The van der Waals surface area contributed by atoms with Crippen LogP contribution in [0.2, 0.25) is 5.02 Å². The number of hydrogen-bond acceptors (Lipinski definition) is 9. The third-order valence-corrected chi connectivity index (χ3v) is 10.8. The van der Waals surface area contributed by atoms with Crippen molar-refractivity contribution in [1.29, 1.82) is 5.26 Å². The van der Waals surface area contributed by atoms with Crippen molar-refractivity contribution in [2.45, 2.75) is 103 Å². The molecule has 2 fully saturated rings. The van der Waals surface area contributed by atoms with E-state index < -0.39 is 0 Å². The third-order valence-electron chi connectivity index (χ3n) is 10.5. The van der Waals surface area contributed by atoms with E-state index in [-0.39, 0.29) is 17.6 Å². The molecule has 11 heteroatoms. The number of anilines is 3. The van der Waals surface area contributed by atoms with E-state index in [0.717, 1.165) is 19.4 Å². The number of carbonyl (C=O) groups excluding carboxylic acids is 1. The first kappa shape index (κ1) is 38.6. The Balaban J connectivity index is 1.30. The first-order chi connectivity index (χ1) is 24.6. The maximum Gasteiger partial charge on any atom is 0.224 e. The summed E-state index contributed by atoms with van der Waals surface area (Å²) in [6.07, 6.45) is 13.8. The van der Waals surface area contributed by atoms with Crippen LogP contribution in [-0.4, -0.2) is 61.3 Å². The number of fused-ring (bicyclic) bond motifs is 1. The van der Waals surface area contributed by atoms with Crippen molar-refractivity contribution < 1.29 is 19.1 Å². The monoisotopic (exact) mass is 718 g/mol. The Morgan fingerprint density at radius 3 is 2.55 bits per heavy atom. The van der Waals surface area contributed by atoms with Gasteiger partial charge in [-0.05, 0) is 97.3 Å². The zero-order chi connectivity index (χ0) is 36.4. The number of ether oxygens (including phenoxy) is 2. The fourth-order valence-corrected chi connectivity index (χ4v) is 7.95. The van der Waals surface area contributed by atoms with Crippen molar-refractivity contribution in [3.8, 4) is 17.6 Å². The molecule has 0 bridgehead atoms. The molecule has 1 aromatic heterocycles. The molecule has 51 heavy (non-hydrogen) atoms. The van der Waals surface area contributed by atoms with Crippen molar-refractivity contribution >= 4 is 45.5 Å². The predicted octanol–water partition coefficient (Wildman–Crippen LogP) is 9.00. The molecule has 1 saturated carbocycles. The van der Waals surface area contributed by atoms with Gasteiger partial charge in [0.15, 0.2) is 0 Å². The van der Waals surface area contributed by atoms with Gasteiger partial charge in [0.2, 0.25) is 5.91 Å². The van der Waals surface area contributed by atoms with Crippen LogP contribution in [0, 0.1) is 23.2 Å². The van der Waals surface area contributed by atoms with Crippen LogP contribution in [0.1, 0.15) is 97.0 Å². The molecule has 3 N–H and O–H groups in total. The number of nitrogens with zero attached hydrogens (tertiary/aromatic N) is 3. The highest BCUT2D eigenvalue weighted by atomic mass is 35.5. The minimum Gasteiger partial charge on any atom is -0.492 e. The lowest BCUT2D eigenvalue weighted by molar-refractivity contribution is -0.116. The van der Waals surface area contributed by atoms with Gasteiger partial charge >= 0.3 is 0 Å². The smallest absolute Gasteiger partial charge is 0.224 e. The number of rotatable bonds is 14. The Hall–Kier alpha value is -3.62. The van der Waals surface area contributed by atoms with Crippen LogP contribution in [0.25, 0.3) is 10.9 Å². The molecule has 1 aliphatic heterocycles. The van der Waals surface area contributed by atoms with Crippen LogP contribution in [-0.2, 0) is 9.63 Å². The summed E-state index contributed by atoms with van der Waals surface area (Å²) in [5, 5.41) is 17.6. The second kappa shape index (κ2) is 18.2. The molecule has 1 amide bonds. The third kappa shape index (κ3) is 9.83. The molecule has 3 aromatic rings. The van der Waals surface area contributed by atoms with Gasteiger partial charge in [-0.15, -0.1) is 0 Å². The number of nitriles is 1. The SMILES string of the molecule is CCOc1cc2ncc(C#N)c(Nc3ccc(OCCC4C(C)NOC4(C)C4CCCCCCCC4)c(Cl)c3)c2cc1NC(=O)CCCN(C)C. The first-order valence-corrected chi connectivity index (χ1v) is 19.1. The number of aromatic nitrogens is 1. The van der Waals surface area contributed by atoms with Crippen molar-refractivity contribution in [3.05, 3.63) is 47.1 Å². The molecule has 2 heterocycles. The molecule has 1 saturated heterocycles. The summed E-state index contributed by atoms with van der Waals surface area (Å²) in [6, 6.07) is 11.6. The van der Waals surface area contributed by atoms with Crippen LogP contribution < -0.4 is 25.6 Å². The standard InChI is InChI=1S/C40H55ClN6O4/c1-6-49-37-24-34-31(23-35(37)45-38(48)16-13-20-47(4)5)39(28(25-42)26-43-34)44-30-17-18-36(33(41)22-30)50-21-19-32-27(2)46-51-40(32,3)29-14-11-9-7-8-10-12-15-29/h17-18,22-24,26-27,29,32,46H,6-16,19-21H2,1-5H3,(H,43,44)(H,45,48). The fourth-order valence-electron chi connectivity index (χ4n) is 7.72. The van der Waals surface area contributed by atoms with Gasteiger partial charge in [0, 0.05) is 41.7 Å². The van der Waals surface area contributed by atoms with Crippen LogP contribution in [0.15, 0.2) is 36.5 Å². The lowest BCUT2D eigenvalue weighted by atomic mass is 9.71. The number of amides is 1. The topological polar surface area (TPSA) is 121 Å². The molecule has 0 radical (unpaired) electrons. The van der Waals surface area contributed by atoms with Crippen LogP contribution in [0.5, 0.6) is 11.5 Å². The number of carbonyl (C=O) groups is 1. The summed E-state index contributed by atoms with van der Waals surface area (Å²) in [5.74, 6) is 1.87. The number of halogens is 1. The molecule has 1 aliphatic carbocycles. The van der Waals surface area contributed by atoms with Crippen LogP contribution >= 0.6 is 11.6 Å². The normalized spacial score (nSPS) is 21.5. The summed E-state index contributed by atoms with van der Waals surface area (Å²) >= 11 is 6.79. The molecule has 3 unspecified atom stereocenters. The number of nitrogens with one attached hydrogen (secondary N) is 3. The second-order valence-electron chi connectivity index (χ2n) is 14.5. The molecule has 2 aliphatic rings. The minimum absolute atomic E-state index is 0.107. The van der Waals surface area contributed by atoms with Gasteiger partial charge in [-0.2, -0.15) is 10.7 Å². The summed E-state index contributed by atoms with van der Waals surface area (Å²) in [7, 11) is 3.97. The van der Waals surface area contributed by atoms with E-state index in [2.05, 4.69) is 41.0 Å². The van der Waals surface area contributed by atoms with Gasteiger partial charge in [-0.3, -0.25) is 14.6 Å². The Morgan fingerprint density at radius 2 is 1.86 bits per heavy atom. The largest absolute Gasteiger partial charge is 0.492 e. The van der Waals surface area contributed by atoms with Crippen LogP contribution in [0.3, 0.4) is 0 Å². The van der Waals surface area contributed by atoms with Crippen molar-refractivity contribution in [3.63, 3.8) is 0 Å². The van der Waals surface area contributed by atoms with E-state index >= 15 is 0 Å². The fraction of sp³-hybridized carbons (Fsp3) is 0.575. The molecular formula is C40H55ClN6O4. The zero-order valence-corrected chi connectivity index (χ0v) is 31.7. The first-order valence-electron chi connectivity index (χ1n) is 18.7. The van der Waals surface area contributed by atoms with E-state index in [9.17, 15) is 10.1 Å². The van der Waals surface area contributed by atoms with Gasteiger partial charge in [0.1, 0.15) is 17.6 Å². The maximum absolute atomic E-state index is 12.9. The summed E-state index contributed by atoms with van der Waals surface area (Å²) in [6.45, 7) is 8.15. The average molecular weight is 719 g/mol. The highest BCUT2D eigenvalue weighted by Gasteiger charge is 2.49. The molecule has 276 valence electrons. The van der Waals surface area contributed by atoms with Gasteiger partial charge in [-0.25, -0.2) is 0 Å². The van der Waals surface area contributed by atoms with E-state index in [1.165, 1.54) is 57.6 Å². The maximum atomic E-state index is 12.9. The molecule has 3 atom stereocenters. The molecular weight excluding hydrogens is 664 g/mol. The zero-order valence-electron chi connectivity index (χ0n) is 30.9. The van der Waals surface area contributed by atoms with E-state index in [0.29, 0.717) is 81.5 Å². The van der Waals surface area contributed by atoms with Gasteiger partial charge in [0.25, 0.3) is 0 Å².